The number of rotatable bonds is 30. The third kappa shape index (κ3) is 13.4. The first-order valence-electron chi connectivity index (χ1n) is 20.9. The van der Waals surface area contributed by atoms with Crippen molar-refractivity contribution in [2.24, 2.45) is 0 Å². The lowest BCUT2D eigenvalue weighted by Crippen LogP contribution is -2.54. The summed E-state index contributed by atoms with van der Waals surface area (Å²) < 4.78 is 38.8. The summed E-state index contributed by atoms with van der Waals surface area (Å²) >= 11 is 0. The zero-order valence-electron chi connectivity index (χ0n) is 34.4. The van der Waals surface area contributed by atoms with Gasteiger partial charge < -0.3 is 43.5 Å². The molecule has 0 saturated carbocycles. The fourth-order valence-corrected chi connectivity index (χ4v) is 7.07. The number of fused-ring (bicyclic) bond motifs is 4. The van der Waals surface area contributed by atoms with Crippen LogP contribution in [0.2, 0.25) is 0 Å². The number of aromatic nitrogens is 2. The summed E-state index contributed by atoms with van der Waals surface area (Å²) in [6.45, 7) is 6.48. The molecule has 6 rings (SSSR count). The third-order valence-corrected chi connectivity index (χ3v) is 10.2. The van der Waals surface area contributed by atoms with Gasteiger partial charge in [-0.3, -0.25) is 39.2 Å². The number of nitrogens with zero attached hydrogens (tertiary/aromatic N) is 2. The van der Waals surface area contributed by atoms with Crippen LogP contribution >= 0.6 is 0 Å². The average molecular weight is 846 g/mol. The molecule has 4 aromatic rings. The molecule has 2 aliphatic heterocycles. The fraction of sp³-hybridized carbons (Fsp3) is 0.500. The van der Waals surface area contributed by atoms with Crippen LogP contribution in [-0.2, 0) is 54.0 Å². The first-order chi connectivity index (χ1) is 29.9. The van der Waals surface area contributed by atoms with Gasteiger partial charge in [-0.1, -0.05) is 18.2 Å². The van der Waals surface area contributed by atoms with E-state index in [4.69, 9.17) is 33.2 Å². The molecule has 0 spiro atoms. The summed E-state index contributed by atoms with van der Waals surface area (Å²) in [5.41, 5.74) is 4.17. The maximum absolute atomic E-state index is 13.2. The van der Waals surface area contributed by atoms with Crippen LogP contribution in [0.5, 0.6) is 0 Å². The van der Waals surface area contributed by atoms with E-state index in [9.17, 15) is 24.0 Å². The van der Waals surface area contributed by atoms with Gasteiger partial charge >= 0.3 is 0 Å². The van der Waals surface area contributed by atoms with Crippen molar-refractivity contribution >= 4 is 56.9 Å². The van der Waals surface area contributed by atoms with Crippen LogP contribution in [0.1, 0.15) is 58.4 Å². The van der Waals surface area contributed by atoms with Gasteiger partial charge in [0, 0.05) is 72.3 Å². The van der Waals surface area contributed by atoms with E-state index in [1.54, 1.807) is 24.4 Å². The number of anilines is 1. The second-order valence-corrected chi connectivity index (χ2v) is 14.5. The Morgan fingerprint density at radius 2 is 1.34 bits per heavy atom. The summed E-state index contributed by atoms with van der Waals surface area (Å²) in [5.74, 6) is -1.94. The summed E-state index contributed by atoms with van der Waals surface area (Å²) in [6.07, 6.45) is 6.25. The van der Waals surface area contributed by atoms with Crippen LogP contribution < -0.4 is 10.6 Å². The lowest BCUT2D eigenvalue weighted by atomic mass is 10.0. The van der Waals surface area contributed by atoms with Gasteiger partial charge in [-0.25, -0.2) is 0 Å². The number of amides is 4. The van der Waals surface area contributed by atoms with E-state index in [1.807, 2.05) is 12.3 Å². The summed E-state index contributed by atoms with van der Waals surface area (Å²) in [5, 5.41) is 7.58. The van der Waals surface area contributed by atoms with E-state index < -0.39 is 29.7 Å². The molecule has 0 radical (unpaired) electrons. The molecule has 4 heterocycles. The lowest BCUT2D eigenvalue weighted by molar-refractivity contribution is -0.136. The molecule has 1 unspecified atom stereocenters. The van der Waals surface area contributed by atoms with Crippen molar-refractivity contribution < 1.29 is 57.1 Å². The standard InChI is InChI=1S/C44H55N5O12/c50-32(8-6-31-7-9-33-35-30-45-13-12-36(35)47-38(33)29-31)3-2-15-55-17-19-57-21-23-59-25-27-61-28-26-60-24-22-58-20-18-56-16-14-46-37-5-1-4-34-41(37)44(54)49(43(34)53)39-10-11-40(51)48-42(39)52/h1,4-5,7,9,12-13,29-30,39,46-47H,2-3,6,8,10-11,14-28H2,(H,48,51,52). The molecule has 17 heteroatoms. The SMILES string of the molecule is O=C(CCCOCCOCCOCCOCCOCCOCCOCCNc1cccc2c1C(=O)N(C1CCC(=O)NC1=O)C2=O)CCc1ccc2c(c1)[nH]c1ccncc12. The van der Waals surface area contributed by atoms with Crippen molar-refractivity contribution in [2.45, 2.75) is 44.6 Å². The maximum Gasteiger partial charge on any atom is 0.264 e. The topological polar surface area (TPSA) is 206 Å². The smallest absolute Gasteiger partial charge is 0.264 e. The molecule has 2 aliphatic rings. The molecule has 4 amide bonds. The number of piperidine rings is 1. The highest BCUT2D eigenvalue weighted by molar-refractivity contribution is 6.25. The highest BCUT2D eigenvalue weighted by atomic mass is 16.6. The quantitative estimate of drug-likeness (QED) is 0.0507. The number of nitrogens with one attached hydrogen (secondary N) is 3. The number of hydrogen-bond acceptors (Lipinski definition) is 14. The predicted octanol–water partition coefficient (Wildman–Crippen LogP) is 3.63. The summed E-state index contributed by atoms with van der Waals surface area (Å²) in [4.78, 5) is 71.0. The number of benzene rings is 2. The van der Waals surface area contributed by atoms with Crippen LogP contribution in [0.3, 0.4) is 0 Å². The van der Waals surface area contributed by atoms with Crippen molar-refractivity contribution in [3.05, 3.63) is 71.5 Å². The van der Waals surface area contributed by atoms with Gasteiger partial charge in [0.1, 0.15) is 11.8 Å². The number of aromatic amines is 1. The van der Waals surface area contributed by atoms with E-state index in [0.717, 1.165) is 38.7 Å². The Morgan fingerprint density at radius 1 is 0.705 bits per heavy atom. The number of aryl methyl sites for hydroxylation is 1. The third-order valence-electron chi connectivity index (χ3n) is 10.2. The minimum Gasteiger partial charge on any atom is -0.382 e. The fourth-order valence-electron chi connectivity index (χ4n) is 7.07. The normalized spacial score (nSPS) is 15.3. The predicted molar refractivity (Wildman–Crippen MR) is 223 cm³/mol. The Hall–Kier alpha value is -5.14. The van der Waals surface area contributed by atoms with E-state index in [-0.39, 0.29) is 29.8 Å². The maximum atomic E-state index is 13.2. The number of imide groups is 2. The average Bonchev–Trinajstić information content (AvgIpc) is 3.76. The minimum absolute atomic E-state index is 0.0633. The largest absolute Gasteiger partial charge is 0.382 e. The van der Waals surface area contributed by atoms with Gasteiger partial charge in [0.05, 0.1) is 97.0 Å². The van der Waals surface area contributed by atoms with E-state index in [1.165, 1.54) is 0 Å². The molecule has 328 valence electrons. The highest BCUT2D eigenvalue weighted by Crippen LogP contribution is 2.32. The molecule has 3 N–H and O–H groups in total. The van der Waals surface area contributed by atoms with Crippen molar-refractivity contribution in [1.29, 1.82) is 0 Å². The minimum atomic E-state index is -1.01. The van der Waals surface area contributed by atoms with Crippen LogP contribution in [-0.4, -0.2) is 149 Å². The summed E-state index contributed by atoms with van der Waals surface area (Å²) in [6, 6.07) is 12.2. The zero-order chi connectivity index (χ0) is 42.7. The molecule has 1 fully saturated rings. The van der Waals surface area contributed by atoms with Gasteiger partial charge in [0.15, 0.2) is 0 Å². The van der Waals surface area contributed by atoms with Gasteiger partial charge in [0.2, 0.25) is 11.8 Å². The Bertz CT molecular complexity index is 2090. The van der Waals surface area contributed by atoms with Crippen molar-refractivity contribution in [3.63, 3.8) is 0 Å². The Morgan fingerprint density at radius 3 is 2.00 bits per heavy atom. The number of carbonyl (C=O) groups is 5. The molecule has 2 aromatic heterocycles. The number of H-pyrrole nitrogens is 1. The van der Waals surface area contributed by atoms with Gasteiger partial charge in [-0.2, -0.15) is 0 Å². The molecular weight excluding hydrogens is 791 g/mol. The van der Waals surface area contributed by atoms with Gasteiger partial charge in [-0.05, 0) is 49.1 Å². The monoisotopic (exact) mass is 845 g/mol. The number of Topliss-reactive ketones (excluding diaryl/α,β-unsaturated/α-hetero) is 1. The molecule has 61 heavy (non-hydrogen) atoms. The Balaban J connectivity index is 0.660. The zero-order valence-corrected chi connectivity index (χ0v) is 34.4. The van der Waals surface area contributed by atoms with Crippen LogP contribution in [0.15, 0.2) is 54.9 Å². The lowest BCUT2D eigenvalue weighted by Gasteiger charge is -2.27. The van der Waals surface area contributed by atoms with E-state index >= 15 is 0 Å². The molecular formula is C44H55N5O12. The molecule has 17 nitrogen and oxygen atoms in total. The molecule has 1 atom stereocenters. The second kappa shape index (κ2) is 24.3. The summed E-state index contributed by atoms with van der Waals surface area (Å²) in [7, 11) is 0. The molecule has 1 saturated heterocycles. The van der Waals surface area contributed by atoms with Crippen molar-refractivity contribution in [3.8, 4) is 0 Å². The first-order valence-corrected chi connectivity index (χ1v) is 20.9. The Kier molecular flexibility index (Phi) is 18.1. The van der Waals surface area contributed by atoms with Crippen LogP contribution in [0, 0.1) is 0 Å². The molecule has 0 bridgehead atoms. The first kappa shape index (κ1) is 45.4. The Labute approximate surface area is 354 Å². The van der Waals surface area contributed by atoms with Gasteiger partial charge in [0.25, 0.3) is 11.8 Å². The number of carbonyl (C=O) groups excluding carboxylic acids is 5. The number of ketones is 1. The van der Waals surface area contributed by atoms with E-state index in [0.29, 0.717) is 124 Å². The number of ether oxygens (including phenoxy) is 7. The van der Waals surface area contributed by atoms with Crippen molar-refractivity contribution in [2.75, 3.05) is 104 Å². The van der Waals surface area contributed by atoms with Crippen molar-refractivity contribution in [1.82, 2.24) is 20.2 Å². The van der Waals surface area contributed by atoms with Crippen LogP contribution in [0.25, 0.3) is 21.8 Å². The van der Waals surface area contributed by atoms with E-state index in [2.05, 4.69) is 38.8 Å². The number of hydrogen-bond donors (Lipinski definition) is 3. The molecule has 0 aliphatic carbocycles. The molecule has 2 aromatic carbocycles. The number of pyridine rings is 1. The van der Waals surface area contributed by atoms with Crippen LogP contribution in [0.4, 0.5) is 5.69 Å². The second-order valence-electron chi connectivity index (χ2n) is 14.5. The van der Waals surface area contributed by atoms with Gasteiger partial charge in [-0.15, -0.1) is 0 Å². The highest BCUT2D eigenvalue weighted by Gasteiger charge is 2.45.